The first-order valence-electron chi connectivity index (χ1n) is 5.24. The maximum absolute atomic E-state index is 12.3. The van der Waals surface area contributed by atoms with E-state index in [0.29, 0.717) is 16.8 Å². The molecular formula is C14H12BrNO. The van der Waals surface area contributed by atoms with Crippen LogP contribution in [-0.2, 0) is 0 Å². The summed E-state index contributed by atoms with van der Waals surface area (Å²) in [6.07, 6.45) is 0. The highest BCUT2D eigenvalue weighted by Gasteiger charge is 2.12. The summed E-state index contributed by atoms with van der Waals surface area (Å²) in [4.78, 5) is 12.3. The van der Waals surface area contributed by atoms with Crippen LogP contribution in [-0.4, -0.2) is 5.78 Å². The van der Waals surface area contributed by atoms with E-state index in [1.807, 2.05) is 31.2 Å². The van der Waals surface area contributed by atoms with Crippen molar-refractivity contribution in [3.05, 3.63) is 63.6 Å². The first kappa shape index (κ1) is 11.9. The molecule has 0 radical (unpaired) electrons. The zero-order chi connectivity index (χ0) is 12.4. The van der Waals surface area contributed by atoms with E-state index < -0.39 is 0 Å². The van der Waals surface area contributed by atoms with Crippen LogP contribution in [0, 0.1) is 6.92 Å². The van der Waals surface area contributed by atoms with E-state index in [2.05, 4.69) is 15.9 Å². The summed E-state index contributed by atoms with van der Waals surface area (Å²) >= 11 is 3.35. The van der Waals surface area contributed by atoms with Gasteiger partial charge in [0.1, 0.15) is 0 Å². The number of nitrogens with two attached hydrogens (primary N) is 1. The fourth-order valence-corrected chi connectivity index (χ4v) is 2.05. The van der Waals surface area contributed by atoms with Crippen molar-refractivity contribution >= 4 is 27.4 Å². The Morgan fingerprint density at radius 1 is 1.18 bits per heavy atom. The molecule has 0 aromatic heterocycles. The Labute approximate surface area is 109 Å². The smallest absolute Gasteiger partial charge is 0.195 e. The second kappa shape index (κ2) is 4.72. The Morgan fingerprint density at radius 3 is 2.65 bits per heavy atom. The minimum atomic E-state index is -0.0486. The molecule has 0 saturated heterocycles. The highest BCUT2D eigenvalue weighted by atomic mass is 79.9. The topological polar surface area (TPSA) is 43.1 Å². The van der Waals surface area contributed by atoms with E-state index in [1.54, 1.807) is 18.2 Å². The Hall–Kier alpha value is -1.61. The fraction of sp³-hybridized carbons (Fsp3) is 0.0714. The maximum Gasteiger partial charge on any atom is 0.195 e. The van der Waals surface area contributed by atoms with Gasteiger partial charge in [0.05, 0.1) is 0 Å². The minimum absolute atomic E-state index is 0.0486. The predicted molar refractivity (Wildman–Crippen MR) is 73.2 cm³/mol. The van der Waals surface area contributed by atoms with Crippen LogP contribution < -0.4 is 5.73 Å². The highest BCUT2D eigenvalue weighted by molar-refractivity contribution is 9.10. The number of ketones is 1. The zero-order valence-corrected chi connectivity index (χ0v) is 11.0. The molecule has 2 rings (SSSR count). The highest BCUT2D eigenvalue weighted by Crippen LogP contribution is 2.20. The second-order valence-corrected chi connectivity index (χ2v) is 4.85. The lowest BCUT2D eigenvalue weighted by molar-refractivity contribution is 0.103. The van der Waals surface area contributed by atoms with Gasteiger partial charge in [0.2, 0.25) is 0 Å². The number of benzene rings is 2. The van der Waals surface area contributed by atoms with Crippen LogP contribution in [0.3, 0.4) is 0 Å². The Kier molecular flexibility index (Phi) is 3.29. The second-order valence-electron chi connectivity index (χ2n) is 3.93. The first-order chi connectivity index (χ1) is 8.08. The quantitative estimate of drug-likeness (QED) is 0.678. The molecule has 0 spiro atoms. The number of halogens is 1. The lowest BCUT2D eigenvalue weighted by Gasteiger charge is -2.06. The third kappa shape index (κ3) is 2.56. The number of aryl methyl sites for hydroxylation is 1. The Balaban J connectivity index is 2.47. The van der Waals surface area contributed by atoms with Gasteiger partial charge in [0.15, 0.2) is 5.78 Å². The molecule has 2 nitrogen and oxygen atoms in total. The molecule has 0 heterocycles. The number of anilines is 1. The van der Waals surface area contributed by atoms with Crippen molar-refractivity contribution in [2.75, 3.05) is 5.73 Å². The van der Waals surface area contributed by atoms with Gasteiger partial charge in [-0.25, -0.2) is 0 Å². The van der Waals surface area contributed by atoms with Crippen LogP contribution in [0.2, 0.25) is 0 Å². The standard InChI is InChI=1S/C14H12BrNO/c1-9-5-6-13(16)12(7-9)14(17)10-3-2-4-11(15)8-10/h2-8H,16H2,1H3. The van der Waals surface area contributed by atoms with Crippen LogP contribution in [0.1, 0.15) is 21.5 Å². The van der Waals surface area contributed by atoms with Crippen LogP contribution in [0.5, 0.6) is 0 Å². The molecule has 17 heavy (non-hydrogen) atoms. The van der Waals surface area contributed by atoms with E-state index >= 15 is 0 Å². The molecule has 0 saturated carbocycles. The normalized spacial score (nSPS) is 10.2. The first-order valence-corrected chi connectivity index (χ1v) is 6.03. The van der Waals surface area contributed by atoms with Gasteiger partial charge in [0, 0.05) is 21.3 Å². The van der Waals surface area contributed by atoms with E-state index in [-0.39, 0.29) is 5.78 Å². The molecule has 0 bridgehead atoms. The lowest BCUT2D eigenvalue weighted by Crippen LogP contribution is -2.05. The Bertz CT molecular complexity index is 578. The molecule has 2 aromatic rings. The van der Waals surface area contributed by atoms with Gasteiger partial charge >= 0.3 is 0 Å². The minimum Gasteiger partial charge on any atom is -0.398 e. The molecule has 0 unspecified atom stereocenters. The van der Waals surface area contributed by atoms with Gasteiger partial charge in [-0.3, -0.25) is 4.79 Å². The molecule has 2 N–H and O–H groups in total. The number of rotatable bonds is 2. The number of hydrogen-bond donors (Lipinski definition) is 1. The molecule has 2 aromatic carbocycles. The third-order valence-corrected chi connectivity index (χ3v) is 3.03. The largest absolute Gasteiger partial charge is 0.398 e. The average molecular weight is 290 g/mol. The van der Waals surface area contributed by atoms with E-state index in [9.17, 15) is 4.79 Å². The molecule has 86 valence electrons. The summed E-state index contributed by atoms with van der Waals surface area (Å²) in [6, 6.07) is 12.8. The molecule has 0 amide bonds. The van der Waals surface area contributed by atoms with Crippen molar-refractivity contribution in [2.24, 2.45) is 0 Å². The van der Waals surface area contributed by atoms with Crippen LogP contribution >= 0.6 is 15.9 Å². The number of carbonyl (C=O) groups excluding carboxylic acids is 1. The number of nitrogen functional groups attached to an aromatic ring is 1. The van der Waals surface area contributed by atoms with Crippen LogP contribution in [0.4, 0.5) is 5.69 Å². The Morgan fingerprint density at radius 2 is 1.94 bits per heavy atom. The van der Waals surface area contributed by atoms with Crippen molar-refractivity contribution in [3.8, 4) is 0 Å². The van der Waals surface area contributed by atoms with Gasteiger partial charge in [-0.15, -0.1) is 0 Å². The van der Waals surface area contributed by atoms with E-state index in [0.717, 1.165) is 10.0 Å². The maximum atomic E-state index is 12.3. The summed E-state index contributed by atoms with van der Waals surface area (Å²) < 4.78 is 0.884. The third-order valence-electron chi connectivity index (χ3n) is 2.54. The predicted octanol–water partition coefficient (Wildman–Crippen LogP) is 3.57. The van der Waals surface area contributed by atoms with Crippen molar-refractivity contribution in [1.29, 1.82) is 0 Å². The summed E-state index contributed by atoms with van der Waals surface area (Å²) in [5, 5.41) is 0. The van der Waals surface area contributed by atoms with Crippen molar-refractivity contribution in [2.45, 2.75) is 6.92 Å². The molecule has 3 heteroatoms. The van der Waals surface area contributed by atoms with Gasteiger partial charge in [-0.1, -0.05) is 39.7 Å². The monoisotopic (exact) mass is 289 g/mol. The van der Waals surface area contributed by atoms with Crippen molar-refractivity contribution in [1.82, 2.24) is 0 Å². The summed E-state index contributed by atoms with van der Waals surface area (Å²) in [5.41, 5.74) is 8.57. The van der Waals surface area contributed by atoms with Crippen LogP contribution in [0.15, 0.2) is 46.9 Å². The van der Waals surface area contributed by atoms with Crippen molar-refractivity contribution < 1.29 is 4.79 Å². The molecule has 0 atom stereocenters. The fourth-order valence-electron chi connectivity index (χ4n) is 1.65. The van der Waals surface area contributed by atoms with Crippen molar-refractivity contribution in [3.63, 3.8) is 0 Å². The SMILES string of the molecule is Cc1ccc(N)c(C(=O)c2cccc(Br)c2)c1. The average Bonchev–Trinajstić information content (AvgIpc) is 2.31. The molecular weight excluding hydrogens is 278 g/mol. The zero-order valence-electron chi connectivity index (χ0n) is 9.41. The van der Waals surface area contributed by atoms with Crippen LogP contribution in [0.25, 0.3) is 0 Å². The van der Waals surface area contributed by atoms with Gasteiger partial charge in [-0.2, -0.15) is 0 Å². The summed E-state index contributed by atoms with van der Waals surface area (Å²) in [5.74, 6) is -0.0486. The van der Waals surface area contributed by atoms with Gasteiger partial charge < -0.3 is 5.73 Å². The molecule has 0 aliphatic rings. The number of hydrogen-bond acceptors (Lipinski definition) is 2. The van der Waals surface area contributed by atoms with E-state index in [4.69, 9.17) is 5.73 Å². The van der Waals surface area contributed by atoms with Gasteiger partial charge in [0.25, 0.3) is 0 Å². The summed E-state index contributed by atoms with van der Waals surface area (Å²) in [7, 11) is 0. The number of carbonyl (C=O) groups is 1. The van der Waals surface area contributed by atoms with E-state index in [1.165, 1.54) is 0 Å². The molecule has 0 aliphatic carbocycles. The molecule has 0 aliphatic heterocycles. The molecule has 0 fully saturated rings. The van der Waals surface area contributed by atoms with Gasteiger partial charge in [-0.05, 0) is 31.2 Å². The lowest BCUT2D eigenvalue weighted by atomic mass is 10.00. The summed E-state index contributed by atoms with van der Waals surface area (Å²) in [6.45, 7) is 1.94.